The minimum Gasteiger partial charge on any atom is -0.469 e. The number of benzene rings is 2. The molecule has 0 aliphatic heterocycles. The van der Waals surface area contributed by atoms with E-state index in [0.717, 1.165) is 11.1 Å². The first-order chi connectivity index (χ1) is 15.0. The van der Waals surface area contributed by atoms with E-state index in [0.29, 0.717) is 33.2 Å². The van der Waals surface area contributed by atoms with E-state index in [-0.39, 0.29) is 12.2 Å². The molecule has 10 heteroatoms. The number of nitrogens with zero attached hydrogens (tertiary/aromatic N) is 6. The van der Waals surface area contributed by atoms with E-state index >= 15 is 0 Å². The number of aromatic nitrogens is 6. The lowest BCUT2D eigenvalue weighted by atomic mass is 10.1. The van der Waals surface area contributed by atoms with Crippen LogP contribution in [0.2, 0.25) is 5.02 Å². The van der Waals surface area contributed by atoms with E-state index in [2.05, 4.69) is 20.4 Å². The van der Waals surface area contributed by atoms with Gasteiger partial charge in [-0.1, -0.05) is 23.7 Å². The summed E-state index contributed by atoms with van der Waals surface area (Å²) in [5.74, 6) is -0.838. The minimum absolute atomic E-state index is 0.0935. The van der Waals surface area contributed by atoms with Gasteiger partial charge in [-0.05, 0) is 42.0 Å². The van der Waals surface area contributed by atoms with Crippen LogP contribution in [-0.4, -0.2) is 42.7 Å². The van der Waals surface area contributed by atoms with Gasteiger partial charge in [-0.15, -0.1) is 10.2 Å². The van der Waals surface area contributed by atoms with E-state index in [9.17, 15) is 9.18 Å². The number of carbonyl (C=O) groups excluding carboxylic acids is 1. The molecule has 154 valence electrons. The molecular formula is C21H14ClFN6O2. The van der Waals surface area contributed by atoms with E-state index in [1.807, 2.05) is 18.2 Å². The van der Waals surface area contributed by atoms with Gasteiger partial charge in [0.2, 0.25) is 0 Å². The SMILES string of the molecule is COC(=O)Cc1nn(-c2ccc(F)cc2)c2c1nnc1c(-c3cccc(Cl)c3)cnn12. The van der Waals surface area contributed by atoms with Gasteiger partial charge < -0.3 is 4.74 Å². The van der Waals surface area contributed by atoms with Gasteiger partial charge >= 0.3 is 5.97 Å². The predicted molar refractivity (Wildman–Crippen MR) is 112 cm³/mol. The molecule has 0 radical (unpaired) electrons. The van der Waals surface area contributed by atoms with Crippen LogP contribution in [0.1, 0.15) is 5.69 Å². The van der Waals surface area contributed by atoms with Crippen LogP contribution in [0, 0.1) is 5.82 Å². The van der Waals surface area contributed by atoms with Crippen molar-refractivity contribution in [3.8, 4) is 16.8 Å². The summed E-state index contributed by atoms with van der Waals surface area (Å²) in [5, 5.41) is 18.3. The number of halogens is 2. The molecule has 0 aliphatic carbocycles. The second-order valence-electron chi connectivity index (χ2n) is 6.76. The number of carbonyl (C=O) groups is 1. The van der Waals surface area contributed by atoms with Crippen LogP contribution in [0.4, 0.5) is 4.39 Å². The molecule has 2 aromatic carbocycles. The number of hydrogen-bond donors (Lipinski definition) is 0. The van der Waals surface area contributed by atoms with Gasteiger partial charge in [0.05, 0.1) is 25.4 Å². The Bertz CT molecular complexity index is 1440. The number of ether oxygens (including phenoxy) is 1. The molecule has 0 saturated carbocycles. The maximum atomic E-state index is 13.5. The lowest BCUT2D eigenvalue weighted by Gasteiger charge is -2.04. The van der Waals surface area contributed by atoms with Crippen LogP contribution in [0.15, 0.2) is 54.7 Å². The molecule has 5 rings (SSSR count). The molecule has 5 aromatic rings. The summed E-state index contributed by atoms with van der Waals surface area (Å²) in [6.07, 6.45) is 1.57. The molecular weight excluding hydrogens is 423 g/mol. The Balaban J connectivity index is 1.79. The summed E-state index contributed by atoms with van der Waals surface area (Å²) in [6.45, 7) is 0. The second-order valence-corrected chi connectivity index (χ2v) is 7.20. The average Bonchev–Trinajstić information content (AvgIpc) is 3.36. The zero-order chi connectivity index (χ0) is 21.5. The molecule has 0 unspecified atom stereocenters. The summed E-state index contributed by atoms with van der Waals surface area (Å²) in [4.78, 5) is 11.9. The summed E-state index contributed by atoms with van der Waals surface area (Å²) in [5.41, 5.74) is 3.89. The number of rotatable bonds is 4. The maximum Gasteiger partial charge on any atom is 0.311 e. The highest BCUT2D eigenvalue weighted by Crippen LogP contribution is 2.28. The number of fused-ring (bicyclic) bond motifs is 3. The van der Waals surface area contributed by atoms with E-state index < -0.39 is 5.97 Å². The monoisotopic (exact) mass is 436 g/mol. The Hall–Kier alpha value is -3.85. The molecule has 31 heavy (non-hydrogen) atoms. The van der Waals surface area contributed by atoms with Gasteiger partial charge in [-0.3, -0.25) is 4.79 Å². The van der Waals surface area contributed by atoms with Crippen molar-refractivity contribution in [3.05, 3.63) is 71.3 Å². The normalized spacial score (nSPS) is 11.3. The van der Waals surface area contributed by atoms with Gasteiger partial charge in [-0.25, -0.2) is 9.07 Å². The first-order valence-corrected chi connectivity index (χ1v) is 9.63. The highest BCUT2D eigenvalue weighted by molar-refractivity contribution is 6.30. The smallest absolute Gasteiger partial charge is 0.311 e. The van der Waals surface area contributed by atoms with Crippen LogP contribution in [0.25, 0.3) is 33.6 Å². The molecule has 0 N–H and O–H groups in total. The summed E-state index contributed by atoms with van der Waals surface area (Å²) >= 11 is 6.14. The fourth-order valence-electron chi connectivity index (χ4n) is 3.38. The topological polar surface area (TPSA) is 87.2 Å². The van der Waals surface area contributed by atoms with E-state index in [4.69, 9.17) is 16.3 Å². The number of methoxy groups -OCH3 is 1. The lowest BCUT2D eigenvalue weighted by Crippen LogP contribution is -2.06. The molecule has 0 fully saturated rings. The van der Waals surface area contributed by atoms with Crippen molar-refractivity contribution >= 4 is 34.4 Å². The molecule has 0 amide bonds. The van der Waals surface area contributed by atoms with Gasteiger partial charge in [0.25, 0.3) is 0 Å². The van der Waals surface area contributed by atoms with Gasteiger partial charge in [0.15, 0.2) is 16.8 Å². The van der Waals surface area contributed by atoms with Gasteiger partial charge in [0, 0.05) is 10.6 Å². The molecule has 0 spiro atoms. The lowest BCUT2D eigenvalue weighted by molar-refractivity contribution is -0.139. The van der Waals surface area contributed by atoms with Crippen molar-refractivity contribution in [2.45, 2.75) is 6.42 Å². The third-order valence-corrected chi connectivity index (χ3v) is 5.08. The van der Waals surface area contributed by atoms with Crippen molar-refractivity contribution in [2.24, 2.45) is 0 Å². The molecule has 0 saturated heterocycles. The van der Waals surface area contributed by atoms with Crippen molar-refractivity contribution in [1.29, 1.82) is 0 Å². The highest BCUT2D eigenvalue weighted by Gasteiger charge is 2.22. The van der Waals surface area contributed by atoms with Crippen LogP contribution in [-0.2, 0) is 16.0 Å². The van der Waals surface area contributed by atoms with Crippen molar-refractivity contribution in [3.63, 3.8) is 0 Å². The first-order valence-electron chi connectivity index (χ1n) is 9.26. The predicted octanol–water partition coefficient (Wildman–Crippen LogP) is 3.64. The average molecular weight is 437 g/mol. The number of esters is 1. The zero-order valence-electron chi connectivity index (χ0n) is 16.2. The summed E-state index contributed by atoms with van der Waals surface area (Å²) < 4.78 is 21.4. The Labute approximate surface area is 179 Å². The van der Waals surface area contributed by atoms with Crippen LogP contribution >= 0.6 is 11.6 Å². The van der Waals surface area contributed by atoms with E-state index in [1.54, 1.807) is 33.6 Å². The first kappa shape index (κ1) is 19.1. The Morgan fingerprint density at radius 2 is 1.97 bits per heavy atom. The Morgan fingerprint density at radius 1 is 1.16 bits per heavy atom. The van der Waals surface area contributed by atoms with Crippen LogP contribution in [0.3, 0.4) is 0 Å². The minimum atomic E-state index is -0.465. The van der Waals surface area contributed by atoms with Gasteiger partial charge in [0.1, 0.15) is 11.5 Å². The Morgan fingerprint density at radius 3 is 2.71 bits per heavy atom. The quantitative estimate of drug-likeness (QED) is 0.400. The van der Waals surface area contributed by atoms with Crippen LogP contribution < -0.4 is 0 Å². The fraction of sp³-hybridized carbons (Fsp3) is 0.0952. The molecule has 3 heterocycles. The van der Waals surface area contributed by atoms with Crippen molar-refractivity contribution in [2.75, 3.05) is 7.11 Å². The zero-order valence-corrected chi connectivity index (χ0v) is 16.9. The standard InChI is InChI=1S/C21H14ClFN6O2/c1-31-18(30)10-17-19-21(28(27-17)15-7-5-14(23)6-8-15)29-20(26-25-19)16(11-24-29)12-3-2-4-13(22)9-12/h2-9,11H,10H2,1H3. The third kappa shape index (κ3) is 3.28. The fourth-order valence-corrected chi connectivity index (χ4v) is 3.57. The second kappa shape index (κ2) is 7.44. The summed E-state index contributed by atoms with van der Waals surface area (Å²) in [7, 11) is 1.30. The van der Waals surface area contributed by atoms with Crippen LogP contribution in [0.5, 0.6) is 0 Å². The van der Waals surface area contributed by atoms with E-state index in [1.165, 1.54) is 19.2 Å². The largest absolute Gasteiger partial charge is 0.469 e. The van der Waals surface area contributed by atoms with Crippen molar-refractivity contribution < 1.29 is 13.9 Å². The third-order valence-electron chi connectivity index (χ3n) is 4.84. The summed E-state index contributed by atoms with van der Waals surface area (Å²) in [6, 6.07) is 13.1. The molecule has 3 aromatic heterocycles. The Kier molecular flexibility index (Phi) is 4.59. The van der Waals surface area contributed by atoms with Gasteiger partial charge in [-0.2, -0.15) is 14.7 Å². The number of hydrogen-bond acceptors (Lipinski definition) is 6. The molecule has 0 bridgehead atoms. The van der Waals surface area contributed by atoms with Crippen molar-refractivity contribution in [1.82, 2.24) is 29.6 Å². The molecule has 8 nitrogen and oxygen atoms in total. The highest BCUT2D eigenvalue weighted by atomic mass is 35.5. The molecule has 0 aliphatic rings. The maximum absolute atomic E-state index is 13.5. The molecule has 0 atom stereocenters.